The van der Waals surface area contributed by atoms with Crippen molar-refractivity contribution in [1.29, 1.82) is 0 Å². The lowest BCUT2D eigenvalue weighted by Gasteiger charge is -2.23. The molecule has 0 unspecified atom stereocenters. The highest BCUT2D eigenvalue weighted by Crippen LogP contribution is 2.22. The molecule has 1 N–H and O–H groups in total. The summed E-state index contributed by atoms with van der Waals surface area (Å²) in [6.45, 7) is 2.72. The number of aliphatic hydroxyl groups is 1. The molecule has 0 aliphatic carbocycles. The molecule has 1 aromatic carbocycles. The summed E-state index contributed by atoms with van der Waals surface area (Å²) in [4.78, 5) is 25.3. The Kier molecular flexibility index (Phi) is 11.6. The average Bonchev–Trinajstić information content (AvgIpc) is 3.16. The lowest BCUT2D eigenvalue weighted by molar-refractivity contribution is -0.140. The summed E-state index contributed by atoms with van der Waals surface area (Å²) in [5.41, 5.74) is 1.20. The summed E-state index contributed by atoms with van der Waals surface area (Å²) in [6, 6.07) is 10.2. The molecule has 5 heteroatoms. The maximum Gasteiger partial charge on any atom is 0.305 e. The molecule has 1 amide bonds. The molecule has 1 aliphatic heterocycles. The minimum Gasteiger partial charge on any atom is -0.469 e. The standard InChI is InChI=1S/C27H37NO4/c1-22(12-9-10-15-23-13-6-5-7-14-23)25(29)19-17-24-18-20-26(30)28(24)21-11-4-3-8-16-27(31)32-2/h5-7,13-14,17,19,22,24-25,29H,3-4,8,11-12,15-16,18,20-21H2,1-2H3/t22-,24-,25+/m0/s1. The quantitative estimate of drug-likeness (QED) is 0.228. The zero-order valence-electron chi connectivity index (χ0n) is 19.5. The van der Waals surface area contributed by atoms with Gasteiger partial charge in [-0.25, -0.2) is 0 Å². The SMILES string of the molecule is COC(=O)CCCCCCN1C(=O)CC[C@@H]1C=C[C@@H](O)[C@@H](C)CC#CCc1ccccc1. The third-order valence-electron chi connectivity index (χ3n) is 5.93. The Morgan fingerprint density at radius 3 is 2.72 bits per heavy atom. The molecule has 1 heterocycles. The molecule has 32 heavy (non-hydrogen) atoms. The minimum atomic E-state index is -0.572. The highest BCUT2D eigenvalue weighted by atomic mass is 16.5. The zero-order valence-corrected chi connectivity index (χ0v) is 19.5. The lowest BCUT2D eigenvalue weighted by atomic mass is 9.99. The van der Waals surface area contributed by atoms with Crippen LogP contribution in [-0.4, -0.2) is 47.7 Å². The number of ether oxygens (including phenoxy) is 1. The number of rotatable bonds is 12. The Balaban J connectivity index is 1.71. The first-order chi connectivity index (χ1) is 15.5. The zero-order chi connectivity index (χ0) is 23.2. The van der Waals surface area contributed by atoms with Gasteiger partial charge in [0, 0.05) is 32.2 Å². The van der Waals surface area contributed by atoms with E-state index >= 15 is 0 Å². The molecule has 0 spiro atoms. The highest BCUT2D eigenvalue weighted by molar-refractivity contribution is 5.79. The Morgan fingerprint density at radius 1 is 1.22 bits per heavy atom. The molecular weight excluding hydrogens is 402 g/mol. The van der Waals surface area contributed by atoms with Crippen LogP contribution in [0.2, 0.25) is 0 Å². The first kappa shape index (κ1) is 25.7. The number of methoxy groups -OCH3 is 1. The van der Waals surface area contributed by atoms with Crippen LogP contribution in [0.5, 0.6) is 0 Å². The van der Waals surface area contributed by atoms with Gasteiger partial charge >= 0.3 is 5.97 Å². The van der Waals surface area contributed by atoms with Gasteiger partial charge < -0.3 is 14.7 Å². The van der Waals surface area contributed by atoms with Gasteiger partial charge in [0.05, 0.1) is 19.3 Å². The number of hydrogen-bond acceptors (Lipinski definition) is 4. The molecule has 0 radical (unpaired) electrons. The largest absolute Gasteiger partial charge is 0.469 e. The number of carbonyl (C=O) groups excluding carboxylic acids is 2. The first-order valence-corrected chi connectivity index (χ1v) is 11.7. The van der Waals surface area contributed by atoms with E-state index in [9.17, 15) is 14.7 Å². The van der Waals surface area contributed by atoms with Crippen molar-refractivity contribution in [3.05, 3.63) is 48.0 Å². The summed E-state index contributed by atoms with van der Waals surface area (Å²) in [6.07, 6.45) is 10.1. The lowest BCUT2D eigenvalue weighted by Crippen LogP contribution is -2.33. The third-order valence-corrected chi connectivity index (χ3v) is 5.93. The molecule has 174 valence electrons. The highest BCUT2D eigenvalue weighted by Gasteiger charge is 2.28. The summed E-state index contributed by atoms with van der Waals surface area (Å²) >= 11 is 0. The van der Waals surface area contributed by atoms with E-state index in [1.807, 2.05) is 42.2 Å². The fraction of sp³-hybridized carbons (Fsp3) is 0.556. The van der Waals surface area contributed by atoms with E-state index in [0.29, 0.717) is 19.3 Å². The van der Waals surface area contributed by atoms with Gasteiger partial charge in [-0.2, -0.15) is 0 Å². The number of amides is 1. The first-order valence-electron chi connectivity index (χ1n) is 11.7. The fourth-order valence-corrected chi connectivity index (χ4v) is 3.80. The molecule has 0 aromatic heterocycles. The van der Waals surface area contributed by atoms with Gasteiger partial charge in [0.25, 0.3) is 0 Å². The third kappa shape index (κ3) is 9.28. The number of esters is 1. The second-order valence-electron chi connectivity index (χ2n) is 8.51. The number of hydrogen-bond donors (Lipinski definition) is 1. The van der Waals surface area contributed by atoms with Gasteiger partial charge in [0.1, 0.15) is 0 Å². The summed E-state index contributed by atoms with van der Waals surface area (Å²) in [5.74, 6) is 6.41. The van der Waals surface area contributed by atoms with Crippen molar-refractivity contribution in [3.63, 3.8) is 0 Å². The van der Waals surface area contributed by atoms with Gasteiger partial charge in [-0.05, 0) is 30.7 Å². The van der Waals surface area contributed by atoms with Crippen molar-refractivity contribution in [2.75, 3.05) is 13.7 Å². The molecule has 1 aliphatic rings. The predicted octanol–water partition coefficient (Wildman–Crippen LogP) is 4.29. The normalized spacial score (nSPS) is 17.8. The van der Waals surface area contributed by atoms with Gasteiger partial charge in [0.15, 0.2) is 0 Å². The molecule has 1 aromatic rings. The molecule has 2 rings (SSSR count). The minimum absolute atomic E-state index is 0.0369. The van der Waals surface area contributed by atoms with Crippen LogP contribution in [0.4, 0.5) is 0 Å². The predicted molar refractivity (Wildman–Crippen MR) is 127 cm³/mol. The Hall–Kier alpha value is -2.58. The van der Waals surface area contributed by atoms with E-state index in [1.165, 1.54) is 12.7 Å². The van der Waals surface area contributed by atoms with Crippen LogP contribution in [0.3, 0.4) is 0 Å². The molecule has 5 nitrogen and oxygen atoms in total. The van der Waals surface area contributed by atoms with Crippen molar-refractivity contribution < 1.29 is 19.4 Å². The van der Waals surface area contributed by atoms with E-state index in [0.717, 1.165) is 45.1 Å². The van der Waals surface area contributed by atoms with Gasteiger partial charge in [0.2, 0.25) is 5.91 Å². The van der Waals surface area contributed by atoms with Crippen molar-refractivity contribution in [2.45, 2.75) is 76.9 Å². The summed E-state index contributed by atoms with van der Waals surface area (Å²) in [5, 5.41) is 10.5. The van der Waals surface area contributed by atoms with Crippen LogP contribution in [-0.2, 0) is 20.7 Å². The van der Waals surface area contributed by atoms with Gasteiger partial charge in [-0.15, -0.1) is 5.92 Å². The molecule has 1 fully saturated rings. The second-order valence-corrected chi connectivity index (χ2v) is 8.51. The van der Waals surface area contributed by atoms with Crippen LogP contribution in [0.1, 0.15) is 63.9 Å². The second kappa shape index (κ2) is 14.5. The molecule has 3 atom stereocenters. The summed E-state index contributed by atoms with van der Waals surface area (Å²) < 4.78 is 4.65. The average molecular weight is 440 g/mol. The van der Waals surface area contributed by atoms with E-state index < -0.39 is 6.10 Å². The van der Waals surface area contributed by atoms with Crippen molar-refractivity contribution in [1.82, 2.24) is 4.90 Å². The number of benzene rings is 1. The maximum atomic E-state index is 12.3. The number of nitrogens with zero attached hydrogens (tertiary/aromatic N) is 1. The maximum absolute atomic E-state index is 12.3. The number of unbranched alkanes of at least 4 members (excludes halogenated alkanes) is 3. The van der Waals surface area contributed by atoms with E-state index in [1.54, 1.807) is 0 Å². The van der Waals surface area contributed by atoms with Crippen molar-refractivity contribution >= 4 is 11.9 Å². The topological polar surface area (TPSA) is 66.8 Å². The van der Waals surface area contributed by atoms with Crippen molar-refractivity contribution in [3.8, 4) is 11.8 Å². The molecule has 0 bridgehead atoms. The Labute approximate surface area is 192 Å². The molecule has 1 saturated heterocycles. The van der Waals surface area contributed by atoms with E-state index in [2.05, 4.69) is 28.7 Å². The van der Waals surface area contributed by atoms with Crippen LogP contribution in [0, 0.1) is 17.8 Å². The van der Waals surface area contributed by atoms with Crippen LogP contribution in [0.15, 0.2) is 42.5 Å². The van der Waals surface area contributed by atoms with Gasteiger partial charge in [-0.3, -0.25) is 9.59 Å². The van der Waals surface area contributed by atoms with E-state index in [-0.39, 0.29) is 23.8 Å². The monoisotopic (exact) mass is 439 g/mol. The Bertz CT molecular complexity index is 793. The summed E-state index contributed by atoms with van der Waals surface area (Å²) in [7, 11) is 1.41. The van der Waals surface area contributed by atoms with Crippen molar-refractivity contribution in [2.24, 2.45) is 5.92 Å². The van der Waals surface area contributed by atoms with Crippen LogP contribution >= 0.6 is 0 Å². The fourth-order valence-electron chi connectivity index (χ4n) is 3.80. The number of carbonyl (C=O) groups is 2. The van der Waals surface area contributed by atoms with Crippen LogP contribution in [0.25, 0.3) is 0 Å². The Morgan fingerprint density at radius 2 is 1.97 bits per heavy atom. The van der Waals surface area contributed by atoms with E-state index in [4.69, 9.17) is 0 Å². The number of likely N-dealkylation sites (tertiary alicyclic amines) is 1. The molecular formula is C27H37NO4. The van der Waals surface area contributed by atoms with Crippen LogP contribution < -0.4 is 0 Å². The number of aliphatic hydroxyl groups excluding tert-OH is 1. The smallest absolute Gasteiger partial charge is 0.305 e. The molecule has 0 saturated carbocycles. The van der Waals surface area contributed by atoms with Gasteiger partial charge in [-0.1, -0.05) is 68.2 Å².